The van der Waals surface area contributed by atoms with Crippen molar-refractivity contribution in [3.05, 3.63) is 17.0 Å². The van der Waals surface area contributed by atoms with Crippen LogP contribution in [0.1, 0.15) is 36.2 Å². The van der Waals surface area contributed by atoms with Crippen LogP contribution >= 0.6 is 0 Å². The van der Waals surface area contributed by atoms with Gasteiger partial charge in [-0.1, -0.05) is 0 Å². The van der Waals surface area contributed by atoms with Gasteiger partial charge in [0.25, 0.3) is 0 Å². The fraction of sp³-hybridized carbons (Fsp3) is 0.706. The molecule has 1 saturated heterocycles. The molecule has 1 aliphatic heterocycles. The molecule has 23 heavy (non-hydrogen) atoms. The van der Waals surface area contributed by atoms with E-state index < -0.39 is 0 Å². The van der Waals surface area contributed by atoms with E-state index >= 15 is 0 Å². The molecule has 4 rings (SSSR count). The summed E-state index contributed by atoms with van der Waals surface area (Å²) in [4.78, 5) is 28.8. The van der Waals surface area contributed by atoms with Crippen LogP contribution in [-0.4, -0.2) is 58.0 Å². The minimum absolute atomic E-state index is 0.0736. The van der Waals surface area contributed by atoms with Crippen LogP contribution in [0.4, 0.5) is 0 Å². The Labute approximate surface area is 136 Å². The Bertz CT molecular complexity index is 627. The predicted molar refractivity (Wildman–Crippen MR) is 84.7 cm³/mol. The first-order valence-electron chi connectivity index (χ1n) is 8.74. The Morgan fingerprint density at radius 1 is 1.00 bits per heavy atom. The van der Waals surface area contributed by atoms with Gasteiger partial charge in [-0.05, 0) is 44.6 Å². The lowest BCUT2D eigenvalue weighted by Gasteiger charge is -2.37. The molecule has 0 aromatic carbocycles. The van der Waals surface area contributed by atoms with Crippen LogP contribution < -0.4 is 0 Å². The number of hydrogen-bond donors (Lipinski definition) is 1. The van der Waals surface area contributed by atoms with Crippen molar-refractivity contribution in [3.8, 4) is 0 Å². The monoisotopic (exact) mass is 316 g/mol. The summed E-state index contributed by atoms with van der Waals surface area (Å²) in [6, 6.07) is 0. The van der Waals surface area contributed by atoms with Crippen molar-refractivity contribution in [1.29, 1.82) is 0 Å². The molecule has 0 spiro atoms. The Morgan fingerprint density at radius 2 is 1.61 bits per heavy atom. The van der Waals surface area contributed by atoms with E-state index in [0.29, 0.717) is 32.1 Å². The number of fused-ring (bicyclic) bond motifs is 1. The second kappa shape index (κ2) is 5.65. The molecular weight excluding hydrogens is 292 g/mol. The van der Waals surface area contributed by atoms with Gasteiger partial charge in [0.2, 0.25) is 11.8 Å². The van der Waals surface area contributed by atoms with Gasteiger partial charge in [0.05, 0.1) is 5.69 Å². The summed E-state index contributed by atoms with van der Waals surface area (Å²) in [7, 11) is 0. The third-order valence-electron chi connectivity index (χ3n) is 5.52. The van der Waals surface area contributed by atoms with Crippen molar-refractivity contribution in [2.75, 3.05) is 26.2 Å². The molecule has 2 aliphatic carbocycles. The number of aromatic amines is 1. The zero-order chi connectivity index (χ0) is 16.0. The maximum absolute atomic E-state index is 12.8. The molecule has 1 saturated carbocycles. The SMILES string of the molecule is Cc1[nH]nc2c1CC(C(=O)N1CCN(C(=O)C3CC3)CC1)CC2. The fourth-order valence-electron chi connectivity index (χ4n) is 3.84. The number of nitrogens with one attached hydrogen (secondary N) is 1. The quantitative estimate of drug-likeness (QED) is 0.881. The minimum Gasteiger partial charge on any atom is -0.339 e. The zero-order valence-corrected chi connectivity index (χ0v) is 13.7. The van der Waals surface area contributed by atoms with E-state index in [2.05, 4.69) is 10.2 Å². The molecule has 6 nitrogen and oxygen atoms in total. The summed E-state index contributed by atoms with van der Waals surface area (Å²) < 4.78 is 0. The van der Waals surface area contributed by atoms with Crippen LogP contribution in [0.2, 0.25) is 0 Å². The maximum Gasteiger partial charge on any atom is 0.226 e. The Balaban J connectivity index is 1.35. The van der Waals surface area contributed by atoms with Crippen LogP contribution in [0.3, 0.4) is 0 Å². The van der Waals surface area contributed by atoms with E-state index in [1.54, 1.807) is 0 Å². The Kier molecular flexibility index (Phi) is 3.62. The van der Waals surface area contributed by atoms with Gasteiger partial charge in [0, 0.05) is 43.7 Å². The maximum atomic E-state index is 12.8. The lowest BCUT2D eigenvalue weighted by Crippen LogP contribution is -2.52. The lowest BCUT2D eigenvalue weighted by atomic mass is 9.85. The van der Waals surface area contributed by atoms with Crippen molar-refractivity contribution in [2.24, 2.45) is 11.8 Å². The topological polar surface area (TPSA) is 69.3 Å². The highest BCUT2D eigenvalue weighted by molar-refractivity contribution is 5.82. The molecule has 1 aromatic heterocycles. The van der Waals surface area contributed by atoms with Gasteiger partial charge >= 0.3 is 0 Å². The smallest absolute Gasteiger partial charge is 0.226 e. The average Bonchev–Trinajstić information content (AvgIpc) is 3.38. The van der Waals surface area contributed by atoms with Crippen LogP contribution in [0.15, 0.2) is 0 Å². The second-order valence-electron chi connectivity index (χ2n) is 7.14. The van der Waals surface area contributed by atoms with E-state index in [9.17, 15) is 9.59 Å². The number of carbonyl (C=O) groups is 2. The minimum atomic E-state index is 0.0736. The Hall–Kier alpha value is -1.85. The summed E-state index contributed by atoms with van der Waals surface area (Å²) in [5.74, 6) is 0.908. The molecule has 0 bridgehead atoms. The molecule has 1 aromatic rings. The first-order valence-corrected chi connectivity index (χ1v) is 8.74. The van der Waals surface area contributed by atoms with Gasteiger partial charge in [-0.2, -0.15) is 5.10 Å². The number of amides is 2. The largest absolute Gasteiger partial charge is 0.339 e. The van der Waals surface area contributed by atoms with Gasteiger partial charge in [0.15, 0.2) is 0 Å². The summed E-state index contributed by atoms with van der Waals surface area (Å²) in [6.45, 7) is 4.80. The molecule has 1 unspecified atom stereocenters. The highest BCUT2D eigenvalue weighted by Crippen LogP contribution is 2.32. The van der Waals surface area contributed by atoms with E-state index in [0.717, 1.165) is 43.5 Å². The van der Waals surface area contributed by atoms with Gasteiger partial charge in [-0.25, -0.2) is 0 Å². The fourth-order valence-corrected chi connectivity index (χ4v) is 3.84. The Morgan fingerprint density at radius 3 is 2.22 bits per heavy atom. The number of nitrogens with zero attached hydrogens (tertiary/aromatic N) is 3. The third-order valence-corrected chi connectivity index (χ3v) is 5.52. The van der Waals surface area contributed by atoms with E-state index in [1.807, 2.05) is 16.7 Å². The highest BCUT2D eigenvalue weighted by atomic mass is 16.2. The molecule has 3 aliphatic rings. The molecule has 124 valence electrons. The highest BCUT2D eigenvalue weighted by Gasteiger charge is 2.36. The average molecular weight is 316 g/mol. The predicted octanol–water partition coefficient (Wildman–Crippen LogP) is 0.904. The molecule has 0 radical (unpaired) electrons. The first-order chi connectivity index (χ1) is 11.1. The summed E-state index contributed by atoms with van der Waals surface area (Å²) >= 11 is 0. The molecule has 2 fully saturated rings. The molecular formula is C17H24N4O2. The standard InChI is InChI=1S/C17H24N4O2/c1-11-14-10-13(4-5-15(14)19-18-11)17(23)21-8-6-20(7-9-21)16(22)12-2-3-12/h12-13H,2-10H2,1H3,(H,18,19). The van der Waals surface area contributed by atoms with Crippen LogP contribution in [0.25, 0.3) is 0 Å². The van der Waals surface area contributed by atoms with Crippen molar-refractivity contribution < 1.29 is 9.59 Å². The van der Waals surface area contributed by atoms with Gasteiger partial charge in [-0.3, -0.25) is 14.7 Å². The molecule has 6 heteroatoms. The number of hydrogen-bond acceptors (Lipinski definition) is 3. The zero-order valence-electron chi connectivity index (χ0n) is 13.7. The van der Waals surface area contributed by atoms with Crippen molar-refractivity contribution >= 4 is 11.8 Å². The number of aryl methyl sites for hydroxylation is 2. The van der Waals surface area contributed by atoms with Crippen molar-refractivity contribution in [2.45, 2.75) is 39.0 Å². The lowest BCUT2D eigenvalue weighted by molar-refractivity contribution is -0.143. The number of aromatic nitrogens is 2. The summed E-state index contributed by atoms with van der Waals surface area (Å²) in [5.41, 5.74) is 3.46. The molecule has 1 N–H and O–H groups in total. The molecule has 1 atom stereocenters. The third kappa shape index (κ3) is 2.75. The van der Waals surface area contributed by atoms with Gasteiger partial charge in [-0.15, -0.1) is 0 Å². The van der Waals surface area contributed by atoms with Crippen LogP contribution in [0, 0.1) is 18.8 Å². The normalized spacial score (nSPS) is 24.5. The van der Waals surface area contributed by atoms with Crippen molar-refractivity contribution in [1.82, 2.24) is 20.0 Å². The number of rotatable bonds is 2. The molecule has 2 amide bonds. The van der Waals surface area contributed by atoms with E-state index in [1.165, 1.54) is 5.56 Å². The molecule has 2 heterocycles. The van der Waals surface area contributed by atoms with Gasteiger partial charge in [0.1, 0.15) is 0 Å². The number of H-pyrrole nitrogens is 1. The van der Waals surface area contributed by atoms with Gasteiger partial charge < -0.3 is 9.80 Å². The summed E-state index contributed by atoms with van der Waals surface area (Å²) in [5, 5.41) is 7.35. The number of carbonyl (C=O) groups excluding carboxylic acids is 2. The second-order valence-corrected chi connectivity index (χ2v) is 7.14. The van der Waals surface area contributed by atoms with Crippen LogP contribution in [-0.2, 0) is 22.4 Å². The summed E-state index contributed by atoms with van der Waals surface area (Å²) in [6.07, 6.45) is 4.67. The van der Waals surface area contributed by atoms with E-state index in [4.69, 9.17) is 0 Å². The van der Waals surface area contributed by atoms with Crippen LogP contribution in [0.5, 0.6) is 0 Å². The van der Waals surface area contributed by atoms with Crippen molar-refractivity contribution in [3.63, 3.8) is 0 Å². The first kappa shape index (κ1) is 14.7. The number of piperazine rings is 1. The van der Waals surface area contributed by atoms with E-state index in [-0.39, 0.29) is 17.7 Å².